The van der Waals surface area contributed by atoms with Crippen LogP contribution in [0.15, 0.2) is 18.2 Å². The van der Waals surface area contributed by atoms with E-state index in [4.69, 9.17) is 9.47 Å². The normalized spacial score (nSPS) is 10.6. The highest BCUT2D eigenvalue weighted by molar-refractivity contribution is 5.95. The summed E-state index contributed by atoms with van der Waals surface area (Å²) >= 11 is 0. The molecule has 0 atom stereocenters. The van der Waals surface area contributed by atoms with E-state index in [2.05, 4.69) is 11.4 Å². The Morgan fingerprint density at radius 2 is 1.70 bits per heavy atom. The zero-order valence-corrected chi connectivity index (χ0v) is 12.3. The van der Waals surface area contributed by atoms with Crippen LogP contribution in [0, 0.1) is 11.3 Å². The standard InChI is InChI=1S/C15H20N2O3/c1-5-15(6-2,10-16)17-14(18)11-7-12(19-3)9-13(8-11)20-4/h7-9H,5-6H2,1-4H3,(H,17,18). The highest BCUT2D eigenvalue weighted by Gasteiger charge is 2.28. The molecule has 0 spiro atoms. The molecule has 5 heteroatoms. The summed E-state index contributed by atoms with van der Waals surface area (Å²) in [6, 6.07) is 7.10. The number of hydrogen-bond donors (Lipinski definition) is 1. The van der Waals surface area contributed by atoms with Crippen molar-refractivity contribution >= 4 is 5.91 Å². The second kappa shape index (κ2) is 6.80. The van der Waals surface area contributed by atoms with Gasteiger partial charge in [0, 0.05) is 11.6 Å². The molecule has 0 heterocycles. The van der Waals surface area contributed by atoms with Crippen LogP contribution in [0.3, 0.4) is 0 Å². The van der Waals surface area contributed by atoms with Gasteiger partial charge in [0.2, 0.25) is 0 Å². The lowest BCUT2D eigenvalue weighted by Crippen LogP contribution is -2.46. The van der Waals surface area contributed by atoms with Crippen LogP contribution >= 0.6 is 0 Å². The summed E-state index contributed by atoms with van der Waals surface area (Å²) in [7, 11) is 3.04. The summed E-state index contributed by atoms with van der Waals surface area (Å²) in [5.74, 6) is 0.752. The van der Waals surface area contributed by atoms with Crippen molar-refractivity contribution in [1.29, 1.82) is 5.26 Å². The average molecular weight is 276 g/mol. The minimum Gasteiger partial charge on any atom is -0.497 e. The zero-order chi connectivity index (χ0) is 15.2. The van der Waals surface area contributed by atoms with Gasteiger partial charge in [-0.1, -0.05) is 13.8 Å². The molecule has 0 saturated heterocycles. The molecule has 1 rings (SSSR count). The second-order valence-electron chi connectivity index (χ2n) is 4.46. The Labute approximate surface area is 119 Å². The first kappa shape index (κ1) is 15.8. The number of ether oxygens (including phenoxy) is 2. The van der Waals surface area contributed by atoms with Crippen LogP contribution in [-0.4, -0.2) is 25.7 Å². The van der Waals surface area contributed by atoms with Gasteiger partial charge in [0.15, 0.2) is 0 Å². The molecule has 5 nitrogen and oxygen atoms in total. The van der Waals surface area contributed by atoms with E-state index >= 15 is 0 Å². The third-order valence-corrected chi connectivity index (χ3v) is 3.39. The van der Waals surface area contributed by atoms with Crippen LogP contribution in [0.25, 0.3) is 0 Å². The van der Waals surface area contributed by atoms with Gasteiger partial charge in [-0.3, -0.25) is 4.79 Å². The fourth-order valence-electron chi connectivity index (χ4n) is 1.84. The van der Waals surface area contributed by atoms with E-state index < -0.39 is 5.54 Å². The predicted octanol–water partition coefficient (Wildman–Crippen LogP) is 2.52. The van der Waals surface area contributed by atoms with E-state index in [0.717, 1.165) is 0 Å². The summed E-state index contributed by atoms with van der Waals surface area (Å²) in [5, 5.41) is 12.0. The van der Waals surface area contributed by atoms with E-state index in [1.165, 1.54) is 14.2 Å². The molecule has 1 amide bonds. The quantitative estimate of drug-likeness (QED) is 0.866. The van der Waals surface area contributed by atoms with E-state index in [-0.39, 0.29) is 5.91 Å². The third kappa shape index (κ3) is 3.41. The Bertz CT molecular complexity index is 494. The first-order valence-corrected chi connectivity index (χ1v) is 6.51. The molecule has 0 unspecified atom stereocenters. The molecule has 0 radical (unpaired) electrons. The van der Waals surface area contributed by atoms with Crippen LogP contribution in [0.1, 0.15) is 37.0 Å². The smallest absolute Gasteiger partial charge is 0.252 e. The van der Waals surface area contributed by atoms with Crippen molar-refractivity contribution in [1.82, 2.24) is 5.32 Å². The van der Waals surface area contributed by atoms with Crippen molar-refractivity contribution in [2.24, 2.45) is 0 Å². The fourth-order valence-corrected chi connectivity index (χ4v) is 1.84. The largest absolute Gasteiger partial charge is 0.497 e. The van der Waals surface area contributed by atoms with Crippen molar-refractivity contribution in [3.63, 3.8) is 0 Å². The molecule has 108 valence electrons. The Balaban J connectivity index is 3.06. The first-order valence-electron chi connectivity index (χ1n) is 6.51. The van der Waals surface area contributed by atoms with Gasteiger partial charge in [-0.25, -0.2) is 0 Å². The van der Waals surface area contributed by atoms with E-state index in [0.29, 0.717) is 29.9 Å². The number of nitrogens with zero attached hydrogens (tertiary/aromatic N) is 1. The number of nitriles is 1. The fraction of sp³-hybridized carbons (Fsp3) is 0.467. The number of hydrogen-bond acceptors (Lipinski definition) is 4. The van der Waals surface area contributed by atoms with Gasteiger partial charge in [0.25, 0.3) is 5.91 Å². The SMILES string of the molecule is CCC(C#N)(CC)NC(=O)c1cc(OC)cc(OC)c1. The molecule has 0 saturated carbocycles. The molecule has 20 heavy (non-hydrogen) atoms. The van der Waals surface area contributed by atoms with Gasteiger partial charge in [-0.2, -0.15) is 5.26 Å². The molecule has 0 aliphatic rings. The van der Waals surface area contributed by atoms with Crippen molar-refractivity contribution in [3.8, 4) is 17.6 Å². The summed E-state index contributed by atoms with van der Waals surface area (Å²) in [4.78, 5) is 12.3. The minimum absolute atomic E-state index is 0.313. The molecule has 0 aliphatic heterocycles. The minimum atomic E-state index is -0.840. The maximum atomic E-state index is 12.3. The summed E-state index contributed by atoms with van der Waals surface area (Å²) in [5.41, 5.74) is -0.435. The molecule has 0 aromatic heterocycles. The summed E-state index contributed by atoms with van der Waals surface area (Å²) in [6.45, 7) is 3.75. The number of amides is 1. The van der Waals surface area contributed by atoms with Crippen molar-refractivity contribution in [2.45, 2.75) is 32.2 Å². The van der Waals surface area contributed by atoms with Crippen molar-refractivity contribution < 1.29 is 14.3 Å². The molecule has 1 aromatic rings. The van der Waals surface area contributed by atoms with Crippen LogP contribution in [0.2, 0.25) is 0 Å². The van der Waals surface area contributed by atoms with Gasteiger partial charge < -0.3 is 14.8 Å². The number of methoxy groups -OCH3 is 2. The van der Waals surface area contributed by atoms with Gasteiger partial charge in [0.05, 0.1) is 20.3 Å². The lowest BCUT2D eigenvalue weighted by molar-refractivity contribution is 0.0915. The zero-order valence-electron chi connectivity index (χ0n) is 12.3. The van der Waals surface area contributed by atoms with Crippen LogP contribution in [0.5, 0.6) is 11.5 Å². The molecular weight excluding hydrogens is 256 g/mol. The highest BCUT2D eigenvalue weighted by atomic mass is 16.5. The van der Waals surface area contributed by atoms with Gasteiger partial charge in [-0.05, 0) is 25.0 Å². The Hall–Kier alpha value is -2.22. The van der Waals surface area contributed by atoms with Gasteiger partial charge in [0.1, 0.15) is 17.0 Å². The molecular formula is C15H20N2O3. The Kier molecular flexibility index (Phi) is 5.39. The lowest BCUT2D eigenvalue weighted by atomic mass is 9.94. The van der Waals surface area contributed by atoms with Crippen LogP contribution < -0.4 is 14.8 Å². The Morgan fingerprint density at radius 1 is 1.20 bits per heavy atom. The topological polar surface area (TPSA) is 71.4 Å². The number of carbonyl (C=O) groups excluding carboxylic acids is 1. The second-order valence-corrected chi connectivity index (χ2v) is 4.46. The molecule has 0 aliphatic carbocycles. The third-order valence-electron chi connectivity index (χ3n) is 3.39. The van der Waals surface area contributed by atoms with Gasteiger partial charge >= 0.3 is 0 Å². The molecule has 1 aromatic carbocycles. The van der Waals surface area contributed by atoms with E-state index in [1.54, 1.807) is 18.2 Å². The number of nitrogens with one attached hydrogen (secondary N) is 1. The highest BCUT2D eigenvalue weighted by Crippen LogP contribution is 2.23. The molecule has 1 N–H and O–H groups in total. The maximum Gasteiger partial charge on any atom is 0.252 e. The Morgan fingerprint density at radius 3 is 2.05 bits per heavy atom. The predicted molar refractivity (Wildman–Crippen MR) is 75.9 cm³/mol. The number of benzene rings is 1. The molecule has 0 fully saturated rings. The van der Waals surface area contributed by atoms with Crippen LogP contribution in [-0.2, 0) is 0 Å². The molecule has 0 bridgehead atoms. The van der Waals surface area contributed by atoms with Gasteiger partial charge in [-0.15, -0.1) is 0 Å². The van der Waals surface area contributed by atoms with Crippen molar-refractivity contribution in [2.75, 3.05) is 14.2 Å². The first-order chi connectivity index (χ1) is 9.53. The monoisotopic (exact) mass is 276 g/mol. The lowest BCUT2D eigenvalue weighted by Gasteiger charge is -2.25. The van der Waals surface area contributed by atoms with Crippen molar-refractivity contribution in [3.05, 3.63) is 23.8 Å². The van der Waals surface area contributed by atoms with Crippen LogP contribution in [0.4, 0.5) is 0 Å². The number of rotatable bonds is 6. The number of carbonyl (C=O) groups is 1. The summed E-state index contributed by atoms with van der Waals surface area (Å²) in [6.07, 6.45) is 1.10. The maximum absolute atomic E-state index is 12.3. The van der Waals surface area contributed by atoms with E-state index in [9.17, 15) is 10.1 Å². The summed E-state index contributed by atoms with van der Waals surface area (Å²) < 4.78 is 10.3. The van der Waals surface area contributed by atoms with E-state index in [1.807, 2.05) is 13.8 Å². The average Bonchev–Trinajstić information content (AvgIpc) is 2.51.